The summed E-state index contributed by atoms with van der Waals surface area (Å²) in [5.74, 6) is -0.373. The number of carbonyl (C=O) groups excluding carboxylic acids is 1. The molecule has 0 radical (unpaired) electrons. The van der Waals surface area contributed by atoms with Crippen LogP contribution in [0.15, 0.2) is 29.4 Å². The van der Waals surface area contributed by atoms with E-state index in [1.54, 1.807) is 19.2 Å². The maximum atomic E-state index is 15.1. The molecule has 1 aromatic carbocycles. The lowest BCUT2D eigenvalue weighted by Crippen LogP contribution is -2.46. The molecule has 5 N–H and O–H groups in total. The van der Waals surface area contributed by atoms with Crippen molar-refractivity contribution in [3.63, 3.8) is 0 Å². The van der Waals surface area contributed by atoms with Crippen LogP contribution in [-0.2, 0) is 14.8 Å². The van der Waals surface area contributed by atoms with Crippen molar-refractivity contribution in [3.8, 4) is 11.3 Å². The molecule has 0 spiro atoms. The van der Waals surface area contributed by atoms with E-state index in [0.717, 1.165) is 6.26 Å². The number of aliphatic imine (C=N–C) groups is 1. The molecule has 0 saturated carbocycles. The topological polar surface area (TPSA) is 150 Å². The third kappa shape index (κ3) is 6.35. The highest BCUT2D eigenvalue weighted by molar-refractivity contribution is 7.92. The number of rotatable bonds is 7. The summed E-state index contributed by atoms with van der Waals surface area (Å²) in [4.78, 5) is 15.8. The summed E-state index contributed by atoms with van der Waals surface area (Å²) in [6.45, 7) is 2.60. The minimum atomic E-state index is -3.72. The zero-order valence-electron chi connectivity index (χ0n) is 18.0. The van der Waals surface area contributed by atoms with Crippen LogP contribution in [0.25, 0.3) is 17.0 Å². The number of guanidine groups is 1. The van der Waals surface area contributed by atoms with Gasteiger partial charge in [-0.15, -0.1) is 0 Å². The van der Waals surface area contributed by atoms with E-state index in [0.29, 0.717) is 30.3 Å². The van der Waals surface area contributed by atoms with Crippen molar-refractivity contribution in [2.75, 3.05) is 31.2 Å². The number of sulfonamides is 1. The Morgan fingerprint density at radius 3 is 2.82 bits per heavy atom. The molecule has 0 saturated heterocycles. The number of anilines is 1. The molecule has 0 bridgehead atoms. The number of hydrogen-bond donors (Lipinski definition) is 5. The van der Waals surface area contributed by atoms with Gasteiger partial charge in [-0.2, -0.15) is 5.10 Å². The number of ether oxygens (including phenoxy) is 1. The molecular formula is C19H23ClFN7O4S. The normalized spacial score (nSPS) is 14.5. The number of halogens is 2. The van der Waals surface area contributed by atoms with E-state index in [9.17, 15) is 13.2 Å². The molecule has 14 heteroatoms. The van der Waals surface area contributed by atoms with E-state index in [-0.39, 0.29) is 28.0 Å². The molecule has 2 heterocycles. The Morgan fingerprint density at radius 1 is 1.36 bits per heavy atom. The number of methoxy groups -OCH3 is 1. The molecular weight excluding hydrogens is 477 g/mol. The summed E-state index contributed by atoms with van der Waals surface area (Å²) in [5, 5.41) is 15.7. The highest BCUT2D eigenvalue weighted by atomic mass is 35.5. The van der Waals surface area contributed by atoms with Crippen molar-refractivity contribution >= 4 is 45.1 Å². The van der Waals surface area contributed by atoms with Gasteiger partial charge < -0.3 is 20.7 Å². The Labute approximate surface area is 194 Å². The second kappa shape index (κ2) is 10.1. The van der Waals surface area contributed by atoms with Gasteiger partial charge in [0.25, 0.3) is 0 Å². The lowest BCUT2D eigenvalue weighted by molar-refractivity contribution is 0.167. The van der Waals surface area contributed by atoms with Crippen LogP contribution in [-0.4, -0.2) is 63.2 Å². The van der Waals surface area contributed by atoms with Crippen molar-refractivity contribution in [1.82, 2.24) is 26.1 Å². The molecule has 1 aliphatic rings. The lowest BCUT2D eigenvalue weighted by Gasteiger charge is -2.19. The maximum Gasteiger partial charge on any atom is 0.407 e. The summed E-state index contributed by atoms with van der Waals surface area (Å²) in [7, 11) is -2.44. The SMILES string of the molecule is COC(=O)N[C@@H](C)CNC1=NC(c2c[nH]nc2-c2cc(Cl)cc(NS(C)(=O)=O)c2F)=CCN1. The van der Waals surface area contributed by atoms with Gasteiger partial charge in [-0.1, -0.05) is 11.6 Å². The van der Waals surface area contributed by atoms with Crippen LogP contribution in [0.1, 0.15) is 12.5 Å². The quantitative estimate of drug-likeness (QED) is 0.390. The van der Waals surface area contributed by atoms with Crippen molar-refractivity contribution in [2.45, 2.75) is 13.0 Å². The number of aromatic nitrogens is 2. The van der Waals surface area contributed by atoms with Crippen LogP contribution in [0.3, 0.4) is 0 Å². The van der Waals surface area contributed by atoms with Crippen LogP contribution in [0, 0.1) is 5.82 Å². The monoisotopic (exact) mass is 499 g/mol. The maximum absolute atomic E-state index is 15.1. The van der Waals surface area contributed by atoms with Gasteiger partial charge >= 0.3 is 6.09 Å². The van der Waals surface area contributed by atoms with Crippen LogP contribution < -0.4 is 20.7 Å². The van der Waals surface area contributed by atoms with E-state index in [4.69, 9.17) is 11.6 Å². The van der Waals surface area contributed by atoms with Crippen molar-refractivity contribution in [3.05, 3.63) is 40.8 Å². The van der Waals surface area contributed by atoms with E-state index >= 15 is 4.39 Å². The smallest absolute Gasteiger partial charge is 0.407 e. The van der Waals surface area contributed by atoms with Gasteiger partial charge in [0, 0.05) is 41.5 Å². The zero-order valence-corrected chi connectivity index (χ0v) is 19.6. The van der Waals surface area contributed by atoms with Gasteiger partial charge in [-0.05, 0) is 25.1 Å². The summed E-state index contributed by atoms with van der Waals surface area (Å²) in [6.07, 6.45) is 3.71. The fraction of sp³-hybridized carbons (Fsp3) is 0.316. The first-order valence-corrected chi connectivity index (χ1v) is 12.0. The highest BCUT2D eigenvalue weighted by Gasteiger charge is 2.22. The number of aromatic amines is 1. The first kappa shape index (κ1) is 24.3. The number of amides is 1. The molecule has 3 rings (SSSR count). The van der Waals surface area contributed by atoms with Gasteiger partial charge in [-0.25, -0.2) is 22.6 Å². The second-order valence-corrected chi connectivity index (χ2v) is 9.37. The van der Waals surface area contributed by atoms with Crippen LogP contribution in [0.2, 0.25) is 5.02 Å². The molecule has 0 fully saturated rings. The predicted molar refractivity (Wildman–Crippen MR) is 124 cm³/mol. The Bertz CT molecular complexity index is 1210. The Balaban J connectivity index is 1.86. The number of alkyl carbamates (subject to hydrolysis) is 1. The zero-order chi connectivity index (χ0) is 24.2. The average molecular weight is 500 g/mol. The van der Waals surface area contributed by atoms with Gasteiger partial charge in [0.15, 0.2) is 11.8 Å². The fourth-order valence-electron chi connectivity index (χ4n) is 3.01. The van der Waals surface area contributed by atoms with Crippen molar-refractivity contribution in [2.24, 2.45) is 4.99 Å². The number of carbonyl (C=O) groups is 1. The Hall–Kier alpha value is -3.32. The largest absolute Gasteiger partial charge is 0.453 e. The molecule has 178 valence electrons. The van der Waals surface area contributed by atoms with Gasteiger partial charge in [0.05, 0.1) is 24.7 Å². The molecule has 1 amide bonds. The molecule has 33 heavy (non-hydrogen) atoms. The average Bonchev–Trinajstić information content (AvgIpc) is 3.23. The predicted octanol–water partition coefficient (Wildman–Crippen LogP) is 1.87. The third-order valence-electron chi connectivity index (χ3n) is 4.43. The molecule has 1 atom stereocenters. The van der Waals surface area contributed by atoms with E-state index < -0.39 is 21.9 Å². The lowest BCUT2D eigenvalue weighted by atomic mass is 10.0. The number of benzene rings is 1. The van der Waals surface area contributed by atoms with Crippen molar-refractivity contribution < 1.29 is 22.3 Å². The Kier molecular flexibility index (Phi) is 7.43. The number of nitrogens with zero attached hydrogens (tertiary/aromatic N) is 2. The third-order valence-corrected chi connectivity index (χ3v) is 5.24. The molecule has 1 aliphatic heterocycles. The fourth-order valence-corrected chi connectivity index (χ4v) is 3.78. The molecule has 0 aliphatic carbocycles. The second-order valence-electron chi connectivity index (χ2n) is 7.19. The first-order chi connectivity index (χ1) is 15.6. The van der Waals surface area contributed by atoms with E-state index in [1.165, 1.54) is 19.2 Å². The van der Waals surface area contributed by atoms with Crippen LogP contribution in [0.5, 0.6) is 0 Å². The molecule has 1 aromatic heterocycles. The van der Waals surface area contributed by atoms with Crippen LogP contribution >= 0.6 is 11.6 Å². The first-order valence-electron chi connectivity index (χ1n) is 9.69. The van der Waals surface area contributed by atoms with Crippen LogP contribution in [0.4, 0.5) is 14.9 Å². The minimum absolute atomic E-state index is 0.00458. The van der Waals surface area contributed by atoms with E-state index in [2.05, 4.69) is 40.6 Å². The summed E-state index contributed by atoms with van der Waals surface area (Å²) >= 11 is 6.11. The summed E-state index contributed by atoms with van der Waals surface area (Å²) < 4.78 is 45.0. The van der Waals surface area contributed by atoms with E-state index in [1.807, 2.05) is 0 Å². The summed E-state index contributed by atoms with van der Waals surface area (Å²) in [5.41, 5.74) is 0.924. The van der Waals surface area contributed by atoms with Crippen molar-refractivity contribution in [1.29, 1.82) is 0 Å². The standard InChI is InChI=1S/C19H23ClFN7O4S/c1-10(25-19(29)32-2)8-23-18-22-5-4-14(26-18)13-9-24-27-17(13)12-6-11(20)7-15(16(12)21)28-33(3,30)31/h4,6-7,9-10,28H,5,8H2,1-3H3,(H,24,27)(H,25,29)(H2,22,23,26)/t10-/m0/s1. The molecule has 2 aromatic rings. The molecule has 0 unspecified atom stereocenters. The Morgan fingerprint density at radius 2 is 2.12 bits per heavy atom. The van der Waals surface area contributed by atoms with Gasteiger partial charge in [-0.3, -0.25) is 9.82 Å². The molecule has 11 nitrogen and oxygen atoms in total. The van der Waals surface area contributed by atoms with Gasteiger partial charge in [0.1, 0.15) is 5.69 Å². The summed E-state index contributed by atoms with van der Waals surface area (Å²) in [6, 6.07) is 2.30. The highest BCUT2D eigenvalue weighted by Crippen LogP contribution is 2.35. The van der Waals surface area contributed by atoms with Gasteiger partial charge in [0.2, 0.25) is 10.0 Å². The number of hydrogen-bond acceptors (Lipinski definition) is 8. The number of H-pyrrole nitrogens is 1. The minimum Gasteiger partial charge on any atom is -0.453 e. The number of nitrogens with one attached hydrogen (secondary N) is 5.